The van der Waals surface area contributed by atoms with Gasteiger partial charge in [0.25, 0.3) is 0 Å². The van der Waals surface area contributed by atoms with E-state index in [2.05, 4.69) is 0 Å². The van der Waals surface area contributed by atoms with Crippen molar-refractivity contribution in [2.75, 3.05) is 20.2 Å². The lowest BCUT2D eigenvalue weighted by atomic mass is 9.91. The van der Waals surface area contributed by atoms with E-state index in [0.717, 1.165) is 11.3 Å². The topological polar surface area (TPSA) is 62.2 Å². The first-order valence-corrected chi connectivity index (χ1v) is 12.0. The highest BCUT2D eigenvalue weighted by atomic mass is 32.2. The van der Waals surface area contributed by atoms with Gasteiger partial charge in [-0.15, -0.1) is 0 Å². The molecular weight excluding hydrogens is 453 g/mol. The molecule has 2 aromatic carbocycles. The van der Waals surface area contributed by atoms with Gasteiger partial charge in [-0.3, -0.25) is 4.79 Å². The Kier molecular flexibility index (Phi) is 7.17. The smallest absolute Gasteiger partial charge is 0.338 e. The summed E-state index contributed by atoms with van der Waals surface area (Å²) in [5, 5.41) is 2.55. The number of halogens is 1. The lowest BCUT2D eigenvalue weighted by Gasteiger charge is -2.37. The summed E-state index contributed by atoms with van der Waals surface area (Å²) in [6.07, 6.45) is 0.158. The van der Waals surface area contributed by atoms with Crippen LogP contribution in [0.15, 0.2) is 76.3 Å². The number of aliphatic imine (C=N–C) groups is 1. The van der Waals surface area contributed by atoms with Crippen LogP contribution in [0.4, 0.5) is 4.39 Å². The Morgan fingerprint density at radius 1 is 1.12 bits per heavy atom. The summed E-state index contributed by atoms with van der Waals surface area (Å²) in [4.78, 5) is 34.5. The van der Waals surface area contributed by atoms with E-state index in [1.165, 1.54) is 23.9 Å². The molecule has 4 rings (SSSR count). The number of hydrogen-bond donors (Lipinski definition) is 0. The van der Waals surface area contributed by atoms with Gasteiger partial charge in [-0.1, -0.05) is 54.2 Å². The van der Waals surface area contributed by atoms with Crippen LogP contribution >= 0.6 is 11.8 Å². The molecule has 8 heteroatoms. The van der Waals surface area contributed by atoms with Crippen molar-refractivity contribution >= 4 is 34.5 Å². The first-order chi connectivity index (χ1) is 16.4. The maximum absolute atomic E-state index is 13.8. The molecule has 0 saturated carbocycles. The highest BCUT2D eigenvalue weighted by Crippen LogP contribution is 2.47. The van der Waals surface area contributed by atoms with E-state index in [4.69, 9.17) is 9.73 Å². The Balaban J connectivity index is 1.88. The fourth-order valence-corrected chi connectivity index (χ4v) is 4.83. The van der Waals surface area contributed by atoms with Gasteiger partial charge in [0, 0.05) is 24.9 Å². The van der Waals surface area contributed by atoms with Crippen LogP contribution in [0.5, 0.6) is 0 Å². The van der Waals surface area contributed by atoms with Gasteiger partial charge < -0.3 is 14.5 Å². The molecule has 2 aliphatic heterocycles. The third kappa shape index (κ3) is 4.63. The number of amides is 1. The summed E-state index contributed by atoms with van der Waals surface area (Å²) in [7, 11) is 1.76. The molecular formula is C26H26FN3O3S. The van der Waals surface area contributed by atoms with Gasteiger partial charge in [-0.2, -0.15) is 0 Å². The SMILES string of the molecule is CCOC(=O)C1=C(c2ccccc2)N=C2SC=C(CC(=O)N(C)CC)N2C1c1ccc(F)cc1. The predicted molar refractivity (Wildman–Crippen MR) is 132 cm³/mol. The van der Waals surface area contributed by atoms with Gasteiger partial charge in [0.2, 0.25) is 5.91 Å². The molecule has 0 radical (unpaired) electrons. The number of esters is 1. The molecule has 0 fully saturated rings. The molecule has 1 atom stereocenters. The lowest BCUT2D eigenvalue weighted by molar-refractivity contribution is -0.139. The quantitative estimate of drug-likeness (QED) is 0.525. The molecule has 0 N–H and O–H groups in total. The lowest BCUT2D eigenvalue weighted by Crippen LogP contribution is -2.38. The zero-order chi connectivity index (χ0) is 24.2. The molecule has 0 aliphatic carbocycles. The van der Waals surface area contributed by atoms with Crippen molar-refractivity contribution in [3.05, 3.63) is 88.2 Å². The third-order valence-electron chi connectivity index (χ3n) is 5.77. The van der Waals surface area contributed by atoms with Crippen molar-refractivity contribution in [1.82, 2.24) is 9.80 Å². The van der Waals surface area contributed by atoms with Crippen LogP contribution in [0.2, 0.25) is 0 Å². The summed E-state index contributed by atoms with van der Waals surface area (Å²) in [6.45, 7) is 4.46. The highest BCUT2D eigenvalue weighted by Gasteiger charge is 2.42. The van der Waals surface area contributed by atoms with Crippen LogP contribution in [0, 0.1) is 5.82 Å². The molecule has 0 saturated heterocycles. The molecule has 34 heavy (non-hydrogen) atoms. The number of thioether (sulfide) groups is 1. The summed E-state index contributed by atoms with van der Waals surface area (Å²) in [5.74, 6) is -0.902. The van der Waals surface area contributed by atoms with Gasteiger partial charge >= 0.3 is 5.97 Å². The second-order valence-corrected chi connectivity index (χ2v) is 8.72. The molecule has 1 unspecified atom stereocenters. The highest BCUT2D eigenvalue weighted by molar-refractivity contribution is 8.16. The number of ether oxygens (including phenoxy) is 1. The van der Waals surface area contributed by atoms with E-state index in [-0.39, 0.29) is 24.8 Å². The Bertz CT molecular complexity index is 1180. The molecule has 0 bridgehead atoms. The van der Waals surface area contributed by atoms with E-state index >= 15 is 0 Å². The zero-order valence-electron chi connectivity index (χ0n) is 19.3. The van der Waals surface area contributed by atoms with Gasteiger partial charge in [-0.05, 0) is 37.0 Å². The maximum atomic E-state index is 13.8. The van der Waals surface area contributed by atoms with Crippen LogP contribution in [-0.2, 0) is 14.3 Å². The van der Waals surface area contributed by atoms with Crippen molar-refractivity contribution in [1.29, 1.82) is 0 Å². The van der Waals surface area contributed by atoms with E-state index < -0.39 is 12.0 Å². The van der Waals surface area contributed by atoms with Crippen molar-refractivity contribution < 1.29 is 18.7 Å². The molecule has 2 aromatic rings. The normalized spacial score (nSPS) is 17.2. The number of rotatable bonds is 7. The van der Waals surface area contributed by atoms with Crippen LogP contribution in [0.1, 0.15) is 37.4 Å². The van der Waals surface area contributed by atoms with Crippen molar-refractivity contribution in [2.24, 2.45) is 4.99 Å². The fraction of sp³-hybridized carbons (Fsp3) is 0.269. The Morgan fingerprint density at radius 3 is 2.47 bits per heavy atom. The summed E-state index contributed by atoms with van der Waals surface area (Å²) in [6, 6.07) is 14.9. The van der Waals surface area contributed by atoms with Crippen LogP contribution < -0.4 is 0 Å². The number of hydrogen-bond acceptors (Lipinski definition) is 6. The fourth-order valence-electron chi connectivity index (χ4n) is 3.92. The number of carbonyl (C=O) groups is 2. The average molecular weight is 480 g/mol. The number of carbonyl (C=O) groups excluding carboxylic acids is 2. The molecule has 6 nitrogen and oxygen atoms in total. The van der Waals surface area contributed by atoms with Gasteiger partial charge in [0.05, 0.1) is 30.3 Å². The number of nitrogens with zero attached hydrogens (tertiary/aromatic N) is 3. The summed E-state index contributed by atoms with van der Waals surface area (Å²) < 4.78 is 19.3. The third-order valence-corrected chi connectivity index (χ3v) is 6.66. The van der Waals surface area contributed by atoms with Crippen LogP contribution in [0.3, 0.4) is 0 Å². The van der Waals surface area contributed by atoms with E-state index in [9.17, 15) is 14.0 Å². The molecule has 1 amide bonds. The van der Waals surface area contributed by atoms with Crippen molar-refractivity contribution in [2.45, 2.75) is 26.3 Å². The maximum Gasteiger partial charge on any atom is 0.338 e. The largest absolute Gasteiger partial charge is 0.463 e. The van der Waals surface area contributed by atoms with Gasteiger partial charge in [-0.25, -0.2) is 14.2 Å². The number of benzene rings is 2. The minimum absolute atomic E-state index is 0.0380. The van der Waals surface area contributed by atoms with E-state index in [0.29, 0.717) is 28.5 Å². The van der Waals surface area contributed by atoms with Crippen molar-refractivity contribution in [3.63, 3.8) is 0 Å². The van der Waals surface area contributed by atoms with Gasteiger partial charge in [0.15, 0.2) is 5.17 Å². The number of fused-ring (bicyclic) bond motifs is 1. The molecule has 176 valence electrons. The second kappa shape index (κ2) is 10.3. The van der Waals surface area contributed by atoms with E-state index in [1.807, 2.05) is 47.6 Å². The molecule has 0 aromatic heterocycles. The molecule has 2 aliphatic rings. The average Bonchev–Trinajstić information content (AvgIpc) is 3.25. The van der Waals surface area contributed by atoms with E-state index in [1.54, 1.807) is 31.0 Å². The Morgan fingerprint density at radius 2 is 1.82 bits per heavy atom. The number of amidine groups is 1. The summed E-state index contributed by atoms with van der Waals surface area (Å²) >= 11 is 1.41. The molecule has 2 heterocycles. The van der Waals surface area contributed by atoms with Crippen molar-refractivity contribution in [3.8, 4) is 0 Å². The van der Waals surface area contributed by atoms with Crippen LogP contribution in [0.25, 0.3) is 5.70 Å². The Labute approximate surface area is 202 Å². The second-order valence-electron chi connectivity index (χ2n) is 7.88. The van der Waals surface area contributed by atoms with Crippen LogP contribution in [-0.4, -0.2) is 47.0 Å². The standard InChI is InChI=1S/C26H26FN3O3S/c1-4-29(3)21(31)15-20-16-34-26-28-23(17-9-7-6-8-10-17)22(25(32)33-5-2)24(30(20)26)18-11-13-19(27)14-12-18/h6-14,16,24H,4-5,15H2,1-3H3. The summed E-state index contributed by atoms with van der Waals surface area (Å²) in [5.41, 5.74) is 3.08. The monoisotopic (exact) mass is 479 g/mol. The zero-order valence-corrected chi connectivity index (χ0v) is 20.1. The predicted octanol–water partition coefficient (Wildman–Crippen LogP) is 4.97. The molecule has 0 spiro atoms. The minimum atomic E-state index is -0.622. The minimum Gasteiger partial charge on any atom is -0.463 e. The first kappa shape index (κ1) is 23.8. The Hall–Kier alpha value is -3.39. The first-order valence-electron chi connectivity index (χ1n) is 11.1. The van der Waals surface area contributed by atoms with Gasteiger partial charge in [0.1, 0.15) is 5.82 Å².